The second-order valence-electron chi connectivity index (χ2n) is 5.59. The van der Waals surface area contributed by atoms with E-state index < -0.39 is 11.4 Å². The lowest BCUT2D eigenvalue weighted by molar-refractivity contribution is -0.149. The Balaban J connectivity index is 2.01. The highest BCUT2D eigenvalue weighted by Gasteiger charge is 2.38. The predicted octanol–water partition coefficient (Wildman–Crippen LogP) is 3.21. The first-order valence-electron chi connectivity index (χ1n) is 7.12. The van der Waals surface area contributed by atoms with Gasteiger partial charge >= 0.3 is 5.97 Å². The van der Waals surface area contributed by atoms with Gasteiger partial charge in [-0.05, 0) is 31.9 Å². The fourth-order valence-electron chi connectivity index (χ4n) is 2.76. The molecule has 0 atom stereocenters. The van der Waals surface area contributed by atoms with Gasteiger partial charge in [-0.2, -0.15) is 0 Å². The first kappa shape index (κ1) is 15.0. The second-order valence-corrected chi connectivity index (χ2v) is 6.88. The highest BCUT2D eigenvalue weighted by Crippen LogP contribution is 2.35. The number of thiophene rings is 1. The molecule has 1 aromatic rings. The zero-order chi connectivity index (χ0) is 14.6. The van der Waals surface area contributed by atoms with Crippen LogP contribution in [0.15, 0.2) is 12.1 Å². The van der Waals surface area contributed by atoms with Crippen LogP contribution in [0.25, 0.3) is 0 Å². The summed E-state index contributed by atoms with van der Waals surface area (Å²) in [6.45, 7) is 2.18. The molecule has 1 amide bonds. The Kier molecular flexibility index (Phi) is 4.81. The molecule has 2 rings (SSSR count). The Morgan fingerprint density at radius 3 is 2.40 bits per heavy atom. The number of hydrogen-bond donors (Lipinski definition) is 2. The van der Waals surface area contributed by atoms with Gasteiger partial charge in [-0.3, -0.25) is 9.59 Å². The zero-order valence-corrected chi connectivity index (χ0v) is 12.6. The van der Waals surface area contributed by atoms with E-state index in [0.717, 1.165) is 30.6 Å². The van der Waals surface area contributed by atoms with E-state index >= 15 is 0 Å². The number of carbonyl (C=O) groups excluding carboxylic acids is 1. The molecule has 0 bridgehead atoms. The Morgan fingerprint density at radius 1 is 1.25 bits per heavy atom. The molecule has 0 unspecified atom stereocenters. The van der Waals surface area contributed by atoms with Gasteiger partial charge in [-0.15, -0.1) is 11.3 Å². The van der Waals surface area contributed by atoms with Gasteiger partial charge in [0.2, 0.25) is 0 Å². The lowest BCUT2D eigenvalue weighted by Gasteiger charge is -2.28. The average Bonchev–Trinajstić information content (AvgIpc) is 2.71. The Labute approximate surface area is 123 Å². The van der Waals surface area contributed by atoms with Gasteiger partial charge in [-0.1, -0.05) is 25.7 Å². The maximum Gasteiger partial charge on any atom is 0.311 e. The minimum atomic E-state index is -0.779. The van der Waals surface area contributed by atoms with Crippen molar-refractivity contribution in [3.63, 3.8) is 0 Å². The van der Waals surface area contributed by atoms with Gasteiger partial charge < -0.3 is 10.4 Å². The van der Waals surface area contributed by atoms with Crippen LogP contribution in [0.5, 0.6) is 0 Å². The summed E-state index contributed by atoms with van der Waals surface area (Å²) in [5.41, 5.74) is -0.779. The quantitative estimate of drug-likeness (QED) is 0.838. The second kappa shape index (κ2) is 6.39. The largest absolute Gasteiger partial charge is 0.481 e. The highest BCUT2D eigenvalue weighted by molar-refractivity contribution is 7.13. The number of nitrogens with one attached hydrogen (secondary N) is 1. The van der Waals surface area contributed by atoms with Gasteiger partial charge in [0, 0.05) is 11.4 Å². The zero-order valence-electron chi connectivity index (χ0n) is 11.8. The number of aryl methyl sites for hydroxylation is 1. The van der Waals surface area contributed by atoms with Gasteiger partial charge in [0.15, 0.2) is 0 Å². The molecule has 2 N–H and O–H groups in total. The number of rotatable bonds is 4. The third-order valence-electron chi connectivity index (χ3n) is 4.07. The number of carbonyl (C=O) groups is 2. The molecule has 0 spiro atoms. The number of aliphatic carboxylic acids is 1. The molecular formula is C15H21NO3S. The summed E-state index contributed by atoms with van der Waals surface area (Å²) in [7, 11) is 0. The SMILES string of the molecule is Cc1ccc(C(=O)NCC2(C(=O)O)CCCCCC2)s1. The van der Waals surface area contributed by atoms with Crippen LogP contribution in [-0.4, -0.2) is 23.5 Å². The molecule has 110 valence electrons. The molecule has 0 radical (unpaired) electrons. The first-order valence-corrected chi connectivity index (χ1v) is 7.93. The molecule has 0 saturated heterocycles. The minimum absolute atomic E-state index is 0.159. The molecule has 1 heterocycles. The fourth-order valence-corrected chi connectivity index (χ4v) is 3.55. The van der Waals surface area contributed by atoms with Crippen LogP contribution in [0.4, 0.5) is 0 Å². The third-order valence-corrected chi connectivity index (χ3v) is 5.07. The lowest BCUT2D eigenvalue weighted by atomic mass is 9.80. The monoisotopic (exact) mass is 295 g/mol. The van der Waals surface area contributed by atoms with Gasteiger partial charge in [0.1, 0.15) is 0 Å². The van der Waals surface area contributed by atoms with Crippen molar-refractivity contribution in [2.75, 3.05) is 6.54 Å². The summed E-state index contributed by atoms with van der Waals surface area (Å²) >= 11 is 1.43. The van der Waals surface area contributed by atoms with Crippen LogP contribution >= 0.6 is 11.3 Å². The van der Waals surface area contributed by atoms with Crippen molar-refractivity contribution in [1.82, 2.24) is 5.32 Å². The maximum atomic E-state index is 12.1. The van der Waals surface area contributed by atoms with E-state index in [2.05, 4.69) is 5.32 Å². The van der Waals surface area contributed by atoms with Crippen molar-refractivity contribution in [2.24, 2.45) is 5.41 Å². The van der Waals surface area contributed by atoms with Crippen LogP contribution in [0.1, 0.15) is 53.1 Å². The van der Waals surface area contributed by atoms with Crippen molar-refractivity contribution in [1.29, 1.82) is 0 Å². The topological polar surface area (TPSA) is 66.4 Å². The molecule has 1 aromatic heterocycles. The minimum Gasteiger partial charge on any atom is -0.481 e. The maximum absolute atomic E-state index is 12.1. The summed E-state index contributed by atoms with van der Waals surface area (Å²) in [6, 6.07) is 3.69. The van der Waals surface area contributed by atoms with Crippen LogP contribution in [0.3, 0.4) is 0 Å². The van der Waals surface area contributed by atoms with Crippen molar-refractivity contribution in [2.45, 2.75) is 45.4 Å². The molecule has 1 fully saturated rings. The van der Waals surface area contributed by atoms with Crippen LogP contribution < -0.4 is 5.32 Å². The van der Waals surface area contributed by atoms with E-state index in [1.165, 1.54) is 11.3 Å². The van der Waals surface area contributed by atoms with Crippen molar-refractivity contribution >= 4 is 23.2 Å². The lowest BCUT2D eigenvalue weighted by Crippen LogP contribution is -2.42. The standard InChI is InChI=1S/C15H21NO3S/c1-11-6-7-12(20-11)13(17)16-10-15(14(18)19)8-4-2-3-5-9-15/h6-7H,2-5,8-10H2,1H3,(H,16,17)(H,18,19). The van der Waals surface area contributed by atoms with Crippen LogP contribution in [0.2, 0.25) is 0 Å². The van der Waals surface area contributed by atoms with E-state index in [9.17, 15) is 14.7 Å². The summed E-state index contributed by atoms with van der Waals surface area (Å²) in [4.78, 5) is 25.4. The Morgan fingerprint density at radius 2 is 1.90 bits per heavy atom. The molecule has 20 heavy (non-hydrogen) atoms. The van der Waals surface area contributed by atoms with Gasteiger partial charge in [-0.25, -0.2) is 0 Å². The van der Waals surface area contributed by atoms with Crippen molar-refractivity contribution in [3.05, 3.63) is 21.9 Å². The van der Waals surface area contributed by atoms with E-state index in [4.69, 9.17) is 0 Å². The summed E-state index contributed by atoms with van der Waals surface area (Å²) in [5.74, 6) is -0.935. The number of carboxylic acids is 1. The first-order chi connectivity index (χ1) is 9.53. The third kappa shape index (κ3) is 3.39. The van der Waals surface area contributed by atoms with Crippen molar-refractivity contribution in [3.8, 4) is 0 Å². The smallest absolute Gasteiger partial charge is 0.311 e. The van der Waals surface area contributed by atoms with E-state index in [1.54, 1.807) is 6.07 Å². The molecule has 1 aliphatic carbocycles. The summed E-state index contributed by atoms with van der Waals surface area (Å²) in [5, 5.41) is 12.4. The fraction of sp³-hybridized carbons (Fsp3) is 0.600. The van der Waals surface area contributed by atoms with Crippen LogP contribution in [0, 0.1) is 12.3 Å². The summed E-state index contributed by atoms with van der Waals surface area (Å²) < 4.78 is 0. The molecule has 1 saturated carbocycles. The predicted molar refractivity (Wildman–Crippen MR) is 79.2 cm³/mol. The average molecular weight is 295 g/mol. The van der Waals surface area contributed by atoms with E-state index in [0.29, 0.717) is 17.7 Å². The van der Waals surface area contributed by atoms with E-state index in [-0.39, 0.29) is 12.5 Å². The molecule has 5 heteroatoms. The molecular weight excluding hydrogens is 274 g/mol. The van der Waals surface area contributed by atoms with Gasteiger partial charge in [0.05, 0.1) is 10.3 Å². The van der Waals surface area contributed by atoms with E-state index in [1.807, 2.05) is 13.0 Å². The number of amides is 1. The Hall–Kier alpha value is -1.36. The molecule has 0 aromatic carbocycles. The molecule has 0 aliphatic heterocycles. The highest BCUT2D eigenvalue weighted by atomic mass is 32.1. The summed E-state index contributed by atoms with van der Waals surface area (Å²) in [6.07, 6.45) is 5.36. The van der Waals surface area contributed by atoms with Gasteiger partial charge in [0.25, 0.3) is 5.91 Å². The van der Waals surface area contributed by atoms with Crippen LogP contribution in [-0.2, 0) is 4.79 Å². The Bertz CT molecular complexity index is 487. The molecule has 1 aliphatic rings. The number of hydrogen-bond acceptors (Lipinski definition) is 3. The molecule has 4 nitrogen and oxygen atoms in total. The normalized spacial score (nSPS) is 18.2. The van der Waals surface area contributed by atoms with Crippen molar-refractivity contribution < 1.29 is 14.7 Å². The number of carboxylic acid groups (broad SMARTS) is 1.